The van der Waals surface area contributed by atoms with Crippen LogP contribution in [0.5, 0.6) is 17.2 Å². The summed E-state index contributed by atoms with van der Waals surface area (Å²) in [5.41, 5.74) is 0.726. The number of hydrogen-bond donors (Lipinski definition) is 1. The molecule has 0 saturated carbocycles. The van der Waals surface area contributed by atoms with Gasteiger partial charge < -0.3 is 14.2 Å². The summed E-state index contributed by atoms with van der Waals surface area (Å²) in [6.07, 6.45) is 1.40. The molecule has 2 aromatic carbocycles. The Morgan fingerprint density at radius 1 is 1.04 bits per heavy atom. The second-order valence-electron chi connectivity index (χ2n) is 4.87. The number of nitrogens with zero attached hydrogens (tertiary/aromatic N) is 1. The molecule has 0 heterocycles. The van der Waals surface area contributed by atoms with E-state index >= 15 is 0 Å². The van der Waals surface area contributed by atoms with E-state index in [1.807, 2.05) is 6.92 Å². The molecule has 0 amide bonds. The van der Waals surface area contributed by atoms with Gasteiger partial charge in [0, 0.05) is 6.07 Å². The molecule has 25 heavy (non-hydrogen) atoms. The molecule has 134 valence electrons. The van der Waals surface area contributed by atoms with Crippen molar-refractivity contribution in [3.63, 3.8) is 0 Å². The molecule has 8 heteroatoms. The average Bonchev–Trinajstić information content (AvgIpc) is 2.62. The highest BCUT2D eigenvalue weighted by molar-refractivity contribution is 7.89. The Hall–Kier alpha value is -2.74. The summed E-state index contributed by atoms with van der Waals surface area (Å²) in [6, 6.07) is 11.6. The van der Waals surface area contributed by atoms with Crippen molar-refractivity contribution in [3.05, 3.63) is 48.0 Å². The molecule has 0 spiro atoms. The second kappa shape index (κ2) is 8.39. The second-order valence-corrected chi connectivity index (χ2v) is 6.50. The van der Waals surface area contributed by atoms with Crippen LogP contribution in [0.25, 0.3) is 0 Å². The maximum atomic E-state index is 12.4. The standard InChI is InChI=1S/C17H20N2O5S/c1-4-24-14-7-5-13(6-8-14)12-18-19-25(20,21)17-11-15(22-2)9-10-16(17)23-3/h5-12,19H,4H2,1-3H3/b18-12+. The van der Waals surface area contributed by atoms with Gasteiger partial charge in [0.15, 0.2) is 0 Å². The Balaban J connectivity index is 2.16. The van der Waals surface area contributed by atoms with Crippen molar-refractivity contribution < 1.29 is 22.6 Å². The van der Waals surface area contributed by atoms with Gasteiger partial charge in [0.05, 0.1) is 27.0 Å². The third kappa shape index (κ3) is 4.87. The van der Waals surface area contributed by atoms with Crippen molar-refractivity contribution in [2.75, 3.05) is 20.8 Å². The van der Waals surface area contributed by atoms with E-state index in [0.717, 1.165) is 11.3 Å². The minimum Gasteiger partial charge on any atom is -0.497 e. The highest BCUT2D eigenvalue weighted by Gasteiger charge is 2.19. The number of hydrazone groups is 1. The van der Waals surface area contributed by atoms with Crippen LogP contribution in [0.4, 0.5) is 0 Å². The Morgan fingerprint density at radius 3 is 2.32 bits per heavy atom. The molecule has 1 N–H and O–H groups in total. The summed E-state index contributed by atoms with van der Waals surface area (Å²) in [4.78, 5) is 2.11. The predicted molar refractivity (Wildman–Crippen MR) is 95.1 cm³/mol. The molecule has 0 aliphatic carbocycles. The highest BCUT2D eigenvalue weighted by atomic mass is 32.2. The summed E-state index contributed by atoms with van der Waals surface area (Å²) < 4.78 is 40.3. The van der Waals surface area contributed by atoms with Gasteiger partial charge in [-0.1, -0.05) is 0 Å². The number of sulfonamides is 1. The van der Waals surface area contributed by atoms with Crippen molar-refractivity contribution in [3.8, 4) is 17.2 Å². The normalized spacial score (nSPS) is 11.3. The zero-order valence-electron chi connectivity index (χ0n) is 14.2. The molecular weight excluding hydrogens is 344 g/mol. The van der Waals surface area contributed by atoms with E-state index in [4.69, 9.17) is 14.2 Å². The maximum Gasteiger partial charge on any atom is 0.280 e. The maximum absolute atomic E-state index is 12.4. The van der Waals surface area contributed by atoms with E-state index in [1.165, 1.54) is 32.6 Å². The topological polar surface area (TPSA) is 86.2 Å². The van der Waals surface area contributed by atoms with Crippen LogP contribution in [0.15, 0.2) is 52.5 Å². The molecule has 0 unspecified atom stereocenters. The fourth-order valence-corrected chi connectivity index (χ4v) is 3.01. The number of hydrogen-bond acceptors (Lipinski definition) is 6. The Kier molecular flexibility index (Phi) is 6.24. The van der Waals surface area contributed by atoms with E-state index in [2.05, 4.69) is 9.93 Å². The van der Waals surface area contributed by atoms with E-state index in [0.29, 0.717) is 12.4 Å². The molecule has 0 atom stereocenters. The molecule has 0 aliphatic rings. The van der Waals surface area contributed by atoms with Crippen LogP contribution in [0.1, 0.15) is 12.5 Å². The van der Waals surface area contributed by atoms with Gasteiger partial charge in [-0.15, -0.1) is 0 Å². The third-order valence-electron chi connectivity index (χ3n) is 3.24. The summed E-state index contributed by atoms with van der Waals surface area (Å²) in [7, 11) is -1.05. The molecule has 0 aromatic heterocycles. The first-order valence-corrected chi connectivity index (χ1v) is 8.98. The van der Waals surface area contributed by atoms with Gasteiger partial charge in [-0.05, 0) is 48.9 Å². The lowest BCUT2D eigenvalue weighted by atomic mass is 10.2. The molecule has 0 aliphatic heterocycles. The molecule has 0 radical (unpaired) electrons. The summed E-state index contributed by atoms with van der Waals surface area (Å²) in [5, 5.41) is 3.80. The Morgan fingerprint density at radius 2 is 1.72 bits per heavy atom. The quantitative estimate of drug-likeness (QED) is 0.574. The van der Waals surface area contributed by atoms with Gasteiger partial charge in [0.2, 0.25) is 0 Å². The molecule has 2 rings (SSSR count). The monoisotopic (exact) mass is 364 g/mol. The third-order valence-corrected chi connectivity index (χ3v) is 4.48. The van der Waals surface area contributed by atoms with Crippen molar-refractivity contribution in [2.24, 2.45) is 5.10 Å². The molecule has 2 aromatic rings. The summed E-state index contributed by atoms with van der Waals surface area (Å²) in [5.74, 6) is 1.34. The fraction of sp³-hybridized carbons (Fsp3) is 0.235. The first-order valence-electron chi connectivity index (χ1n) is 7.50. The lowest BCUT2D eigenvalue weighted by Gasteiger charge is -2.10. The lowest BCUT2D eigenvalue weighted by molar-refractivity contribution is 0.340. The van der Waals surface area contributed by atoms with Crippen LogP contribution in [0, 0.1) is 0 Å². The summed E-state index contributed by atoms with van der Waals surface area (Å²) >= 11 is 0. The van der Waals surface area contributed by atoms with Crippen molar-refractivity contribution in [1.29, 1.82) is 0 Å². The minimum atomic E-state index is -3.90. The number of ether oxygens (including phenoxy) is 3. The first-order chi connectivity index (χ1) is 12.0. The van der Waals surface area contributed by atoms with E-state index in [-0.39, 0.29) is 10.6 Å². The Labute approximate surface area is 147 Å². The van der Waals surface area contributed by atoms with Gasteiger partial charge in [-0.25, -0.2) is 0 Å². The van der Waals surface area contributed by atoms with Gasteiger partial charge >= 0.3 is 0 Å². The average molecular weight is 364 g/mol. The van der Waals surface area contributed by atoms with Gasteiger partial charge in [-0.3, -0.25) is 0 Å². The number of methoxy groups -OCH3 is 2. The van der Waals surface area contributed by atoms with Crippen molar-refractivity contribution in [1.82, 2.24) is 4.83 Å². The van der Waals surface area contributed by atoms with Gasteiger partial charge in [0.1, 0.15) is 22.1 Å². The largest absolute Gasteiger partial charge is 0.497 e. The predicted octanol–water partition coefficient (Wildman–Crippen LogP) is 2.41. The molecule has 0 fully saturated rings. The summed E-state index contributed by atoms with van der Waals surface area (Å²) in [6.45, 7) is 2.48. The van der Waals surface area contributed by atoms with Gasteiger partial charge in [-0.2, -0.15) is 18.4 Å². The van der Waals surface area contributed by atoms with Crippen LogP contribution in [0.2, 0.25) is 0 Å². The van der Waals surface area contributed by atoms with Crippen LogP contribution < -0.4 is 19.0 Å². The number of rotatable bonds is 8. The Bertz CT molecular complexity index is 833. The molecule has 0 saturated heterocycles. The molecule has 7 nitrogen and oxygen atoms in total. The fourth-order valence-electron chi connectivity index (χ4n) is 2.03. The first kappa shape index (κ1) is 18.6. The zero-order chi connectivity index (χ0) is 18.3. The lowest BCUT2D eigenvalue weighted by Crippen LogP contribution is -2.19. The smallest absolute Gasteiger partial charge is 0.280 e. The van der Waals surface area contributed by atoms with Crippen LogP contribution in [-0.2, 0) is 10.0 Å². The van der Waals surface area contributed by atoms with E-state index in [9.17, 15) is 8.42 Å². The van der Waals surface area contributed by atoms with E-state index < -0.39 is 10.0 Å². The van der Waals surface area contributed by atoms with Crippen molar-refractivity contribution in [2.45, 2.75) is 11.8 Å². The molecule has 0 bridgehead atoms. The van der Waals surface area contributed by atoms with Crippen LogP contribution in [-0.4, -0.2) is 35.5 Å². The van der Waals surface area contributed by atoms with E-state index in [1.54, 1.807) is 30.3 Å². The minimum absolute atomic E-state index is 0.0572. The van der Waals surface area contributed by atoms with Crippen molar-refractivity contribution >= 4 is 16.2 Å². The van der Waals surface area contributed by atoms with Crippen LogP contribution >= 0.6 is 0 Å². The van der Waals surface area contributed by atoms with Crippen LogP contribution in [0.3, 0.4) is 0 Å². The molecular formula is C17H20N2O5S. The number of nitrogens with one attached hydrogen (secondary N) is 1. The zero-order valence-corrected chi connectivity index (χ0v) is 15.0. The highest BCUT2D eigenvalue weighted by Crippen LogP contribution is 2.27. The number of benzene rings is 2. The van der Waals surface area contributed by atoms with Gasteiger partial charge in [0.25, 0.3) is 10.0 Å². The SMILES string of the molecule is CCOc1ccc(/C=N/NS(=O)(=O)c2cc(OC)ccc2OC)cc1.